The third-order valence-electron chi connectivity index (χ3n) is 4.22. The van der Waals surface area contributed by atoms with E-state index in [9.17, 15) is 24.8 Å². The molecule has 1 heterocycles. The largest absolute Gasteiger partial charge is 0.512 e. The lowest BCUT2D eigenvalue weighted by molar-refractivity contribution is -0.386. The molecule has 3 aromatic rings. The summed E-state index contributed by atoms with van der Waals surface area (Å²) < 4.78 is 1.24. The minimum absolute atomic E-state index is 0.166. The first-order valence-corrected chi connectivity index (χ1v) is 8.13. The number of rotatable bonds is 4. The Morgan fingerprint density at radius 2 is 1.63 bits per heavy atom. The summed E-state index contributed by atoms with van der Waals surface area (Å²) in [5.74, 6) is -0.951. The van der Waals surface area contributed by atoms with E-state index < -0.39 is 22.0 Å². The molecule has 0 aliphatic carbocycles. The second kappa shape index (κ2) is 6.87. The zero-order valence-corrected chi connectivity index (χ0v) is 14.7. The topological polar surface area (TPSA) is 102 Å². The molecule has 27 heavy (non-hydrogen) atoms. The van der Waals surface area contributed by atoms with E-state index in [0.29, 0.717) is 16.6 Å². The molecule has 0 atom stereocenters. The minimum Gasteiger partial charge on any atom is -0.512 e. The predicted molar refractivity (Wildman–Crippen MR) is 102 cm³/mol. The van der Waals surface area contributed by atoms with Gasteiger partial charge in [-0.2, -0.15) is 0 Å². The number of nitro groups is 1. The average Bonchev–Trinajstić information content (AvgIpc) is 2.61. The number of aliphatic hydroxyl groups is 1. The van der Waals surface area contributed by atoms with Crippen molar-refractivity contribution in [3.8, 4) is 5.69 Å². The van der Waals surface area contributed by atoms with Crippen LogP contribution in [0.15, 0.2) is 65.2 Å². The Morgan fingerprint density at radius 3 is 2.19 bits per heavy atom. The van der Waals surface area contributed by atoms with E-state index in [1.54, 1.807) is 54.6 Å². The average molecular weight is 364 g/mol. The lowest BCUT2D eigenvalue weighted by Gasteiger charge is -2.15. The first-order chi connectivity index (χ1) is 12.8. The number of Topliss-reactive ketones (excluding diaryl/α,β-unsaturated/α-hetero) is 1. The van der Waals surface area contributed by atoms with Crippen molar-refractivity contribution in [2.75, 3.05) is 0 Å². The monoisotopic (exact) mass is 364 g/mol. The molecular weight excluding hydrogens is 348 g/mol. The zero-order chi connectivity index (χ0) is 19.7. The maximum Gasteiger partial charge on any atom is 0.343 e. The predicted octanol–water partition coefficient (Wildman–Crippen LogP) is 3.78. The third-order valence-corrected chi connectivity index (χ3v) is 4.22. The minimum atomic E-state index is -0.875. The van der Waals surface area contributed by atoms with Crippen LogP contribution in [0.25, 0.3) is 22.2 Å². The maximum atomic E-state index is 13.1. The van der Waals surface area contributed by atoms with Gasteiger partial charge in [0.1, 0.15) is 5.76 Å². The molecule has 0 radical (unpaired) electrons. The van der Waals surface area contributed by atoms with Gasteiger partial charge in [-0.3, -0.25) is 24.3 Å². The number of nitrogens with zero attached hydrogens (tertiary/aromatic N) is 2. The second-order valence-corrected chi connectivity index (χ2v) is 5.99. The number of aromatic nitrogens is 1. The van der Waals surface area contributed by atoms with Gasteiger partial charge in [0.25, 0.3) is 0 Å². The maximum absolute atomic E-state index is 13.1. The molecule has 0 fully saturated rings. The fourth-order valence-electron chi connectivity index (χ4n) is 3.20. The van der Waals surface area contributed by atoms with Gasteiger partial charge in [-0.15, -0.1) is 0 Å². The van der Waals surface area contributed by atoms with Gasteiger partial charge in [0.05, 0.1) is 21.6 Å². The highest BCUT2D eigenvalue weighted by molar-refractivity contribution is 6.24. The first-order valence-electron chi connectivity index (χ1n) is 8.13. The number of allylic oxidation sites excluding steroid dienone is 2. The van der Waals surface area contributed by atoms with Gasteiger partial charge in [-0.05, 0) is 32.0 Å². The summed E-state index contributed by atoms with van der Waals surface area (Å²) in [6, 6.07) is 15.1. The van der Waals surface area contributed by atoms with Gasteiger partial charge >= 0.3 is 11.2 Å². The number of ketones is 1. The molecule has 0 aliphatic rings. The molecule has 0 amide bonds. The van der Waals surface area contributed by atoms with Crippen LogP contribution in [0.1, 0.15) is 19.4 Å². The fraction of sp³-hybridized carbons (Fsp3) is 0.100. The number of carbonyl (C=O) groups excluding carboxylic acids is 1. The Kier molecular flexibility index (Phi) is 4.60. The molecular formula is C20H16N2O5. The highest BCUT2D eigenvalue weighted by Crippen LogP contribution is 2.33. The molecule has 2 aromatic carbocycles. The van der Waals surface area contributed by atoms with Gasteiger partial charge < -0.3 is 5.11 Å². The number of hydrogen-bond donors (Lipinski definition) is 1. The quantitative estimate of drug-likeness (QED) is 0.328. The van der Waals surface area contributed by atoms with Gasteiger partial charge in [-0.25, -0.2) is 0 Å². The van der Waals surface area contributed by atoms with Crippen molar-refractivity contribution in [1.29, 1.82) is 0 Å². The van der Waals surface area contributed by atoms with E-state index in [2.05, 4.69) is 0 Å². The normalized spacial score (nSPS) is 11.9. The Bertz CT molecular complexity index is 1160. The molecule has 0 spiro atoms. The van der Waals surface area contributed by atoms with Crippen molar-refractivity contribution < 1.29 is 14.8 Å². The van der Waals surface area contributed by atoms with Crippen LogP contribution in [0.4, 0.5) is 5.69 Å². The summed E-state index contributed by atoms with van der Waals surface area (Å²) in [6.07, 6.45) is 0. The number of fused-ring (bicyclic) bond motifs is 1. The standard InChI is InChI=1S/C20H16N2O5/c1-12(23)17(13(2)24)18-15-10-6-7-11-16(15)21(14-8-4-3-5-9-14)20(25)19(18)22(26)27/h3-11,23H,1-2H3/b17-12-. The van der Waals surface area contributed by atoms with E-state index in [1.165, 1.54) is 18.4 Å². The van der Waals surface area contributed by atoms with E-state index in [-0.39, 0.29) is 16.9 Å². The van der Waals surface area contributed by atoms with Crippen molar-refractivity contribution in [1.82, 2.24) is 4.57 Å². The van der Waals surface area contributed by atoms with Crippen LogP contribution in [0.5, 0.6) is 0 Å². The number of aliphatic hydroxyl groups excluding tert-OH is 1. The summed E-state index contributed by atoms with van der Waals surface area (Å²) in [5, 5.41) is 22.1. The lowest BCUT2D eigenvalue weighted by Crippen LogP contribution is -2.24. The Balaban J connectivity index is 2.63. The number of benzene rings is 2. The van der Waals surface area contributed by atoms with Crippen LogP contribution in [0.2, 0.25) is 0 Å². The number of hydrogen-bond acceptors (Lipinski definition) is 5. The first kappa shape index (κ1) is 18.1. The van der Waals surface area contributed by atoms with E-state index >= 15 is 0 Å². The van der Waals surface area contributed by atoms with Crippen LogP contribution in [0.3, 0.4) is 0 Å². The van der Waals surface area contributed by atoms with Crippen LogP contribution in [0, 0.1) is 10.1 Å². The summed E-state index contributed by atoms with van der Waals surface area (Å²) in [6.45, 7) is 2.45. The summed E-state index contributed by atoms with van der Waals surface area (Å²) in [5.41, 5.74) is -1.18. The zero-order valence-electron chi connectivity index (χ0n) is 14.7. The molecule has 0 saturated heterocycles. The highest BCUT2D eigenvalue weighted by Gasteiger charge is 2.31. The van der Waals surface area contributed by atoms with Gasteiger partial charge in [-0.1, -0.05) is 36.4 Å². The molecule has 0 bridgehead atoms. The van der Waals surface area contributed by atoms with Crippen LogP contribution >= 0.6 is 0 Å². The number of para-hydroxylation sites is 2. The molecule has 3 rings (SSSR count). The smallest absolute Gasteiger partial charge is 0.343 e. The van der Waals surface area contributed by atoms with Gasteiger partial charge in [0.2, 0.25) is 0 Å². The Labute approximate surface area is 154 Å². The third kappa shape index (κ3) is 2.99. The molecule has 7 heteroatoms. The van der Waals surface area contributed by atoms with Crippen molar-refractivity contribution in [2.45, 2.75) is 13.8 Å². The van der Waals surface area contributed by atoms with Crippen molar-refractivity contribution in [3.05, 3.63) is 86.4 Å². The van der Waals surface area contributed by atoms with Crippen LogP contribution < -0.4 is 5.56 Å². The van der Waals surface area contributed by atoms with E-state index in [0.717, 1.165) is 0 Å². The Hall–Kier alpha value is -3.74. The molecule has 1 aromatic heterocycles. The SMILES string of the molecule is CC(=O)/C(=C(\C)O)c1c([N+](=O)[O-])c(=O)n(-c2ccccc2)c2ccccc12. The number of carbonyl (C=O) groups is 1. The van der Waals surface area contributed by atoms with Gasteiger partial charge in [0, 0.05) is 11.1 Å². The Morgan fingerprint density at radius 1 is 1.04 bits per heavy atom. The van der Waals surface area contributed by atoms with E-state index in [1.807, 2.05) is 0 Å². The molecule has 7 nitrogen and oxygen atoms in total. The molecule has 0 saturated carbocycles. The molecule has 136 valence electrons. The van der Waals surface area contributed by atoms with Crippen molar-refractivity contribution in [3.63, 3.8) is 0 Å². The number of pyridine rings is 1. The molecule has 0 aliphatic heterocycles. The van der Waals surface area contributed by atoms with Crippen LogP contribution in [-0.2, 0) is 4.79 Å². The summed E-state index contributed by atoms with van der Waals surface area (Å²) >= 11 is 0. The van der Waals surface area contributed by atoms with E-state index in [4.69, 9.17) is 0 Å². The highest BCUT2D eigenvalue weighted by atomic mass is 16.6. The molecule has 1 N–H and O–H groups in total. The molecule has 0 unspecified atom stereocenters. The summed E-state index contributed by atoms with van der Waals surface area (Å²) in [7, 11) is 0. The van der Waals surface area contributed by atoms with Gasteiger partial charge in [0.15, 0.2) is 5.78 Å². The van der Waals surface area contributed by atoms with Crippen molar-refractivity contribution in [2.24, 2.45) is 0 Å². The summed E-state index contributed by atoms with van der Waals surface area (Å²) in [4.78, 5) is 36.2. The van der Waals surface area contributed by atoms with Crippen LogP contribution in [-0.4, -0.2) is 20.4 Å². The second-order valence-electron chi connectivity index (χ2n) is 5.99. The van der Waals surface area contributed by atoms with Crippen molar-refractivity contribution >= 4 is 27.9 Å². The fourth-order valence-corrected chi connectivity index (χ4v) is 3.20. The lowest BCUT2D eigenvalue weighted by atomic mass is 9.95.